The molecule has 1 N–H and O–H groups in total. The van der Waals surface area contributed by atoms with Crippen LogP contribution in [0.25, 0.3) is 0 Å². The summed E-state index contributed by atoms with van der Waals surface area (Å²) < 4.78 is 27.0. The highest BCUT2D eigenvalue weighted by Crippen LogP contribution is 2.49. The van der Waals surface area contributed by atoms with E-state index in [0.29, 0.717) is 18.5 Å². The van der Waals surface area contributed by atoms with Gasteiger partial charge in [-0.2, -0.15) is 0 Å². The van der Waals surface area contributed by atoms with Crippen LogP contribution in [-0.2, 0) is 4.79 Å². The van der Waals surface area contributed by atoms with Crippen molar-refractivity contribution in [3.63, 3.8) is 0 Å². The number of nitrogens with one attached hydrogen (secondary N) is 1. The summed E-state index contributed by atoms with van der Waals surface area (Å²) in [5.74, 6) is -1.92. The molecule has 20 heavy (non-hydrogen) atoms. The molecule has 0 aromatic heterocycles. The van der Waals surface area contributed by atoms with E-state index in [1.807, 2.05) is 11.8 Å². The van der Waals surface area contributed by atoms with Crippen LogP contribution in [-0.4, -0.2) is 36.5 Å². The highest BCUT2D eigenvalue weighted by Gasteiger charge is 2.48. The molecule has 1 aromatic carbocycles. The second-order valence-corrected chi connectivity index (χ2v) is 5.68. The lowest BCUT2D eigenvalue weighted by Crippen LogP contribution is -2.52. The summed E-state index contributed by atoms with van der Waals surface area (Å²) in [7, 11) is 0. The van der Waals surface area contributed by atoms with Crippen LogP contribution in [0.3, 0.4) is 0 Å². The van der Waals surface area contributed by atoms with Crippen LogP contribution in [0.5, 0.6) is 0 Å². The summed E-state index contributed by atoms with van der Waals surface area (Å²) in [4.78, 5) is 14.3. The minimum atomic E-state index is -0.837. The van der Waals surface area contributed by atoms with Crippen molar-refractivity contribution in [3.05, 3.63) is 35.4 Å². The first kappa shape index (κ1) is 13.5. The average molecular weight is 280 g/mol. The molecule has 1 saturated heterocycles. The van der Waals surface area contributed by atoms with E-state index >= 15 is 0 Å². The molecule has 1 saturated carbocycles. The Kier molecular flexibility index (Phi) is 3.46. The molecule has 0 radical (unpaired) electrons. The Morgan fingerprint density at radius 3 is 2.95 bits per heavy atom. The summed E-state index contributed by atoms with van der Waals surface area (Å²) in [6.07, 6.45) is 0.621. The van der Waals surface area contributed by atoms with Crippen molar-refractivity contribution < 1.29 is 13.6 Å². The quantitative estimate of drug-likeness (QED) is 0.897. The number of hydrogen-bond acceptors (Lipinski definition) is 2. The van der Waals surface area contributed by atoms with Gasteiger partial charge in [-0.3, -0.25) is 4.79 Å². The number of amides is 1. The zero-order valence-corrected chi connectivity index (χ0v) is 11.4. The predicted octanol–water partition coefficient (Wildman–Crippen LogP) is 1.89. The lowest BCUT2D eigenvalue weighted by atomic mass is 10.1. The first-order valence-corrected chi connectivity index (χ1v) is 7.04. The third-order valence-electron chi connectivity index (χ3n) is 4.27. The fourth-order valence-corrected chi connectivity index (χ4v) is 3.00. The topological polar surface area (TPSA) is 32.3 Å². The minimum absolute atomic E-state index is 0.0765. The van der Waals surface area contributed by atoms with Gasteiger partial charge in [0, 0.05) is 31.6 Å². The van der Waals surface area contributed by atoms with Gasteiger partial charge in [-0.15, -0.1) is 0 Å². The number of halogens is 2. The Hall–Kier alpha value is -1.49. The number of piperazine rings is 1. The average Bonchev–Trinajstić information content (AvgIpc) is 3.22. The maximum Gasteiger partial charge on any atom is 0.226 e. The summed E-state index contributed by atoms with van der Waals surface area (Å²) in [6.45, 7) is 4.28. The smallest absolute Gasteiger partial charge is 0.226 e. The first-order valence-electron chi connectivity index (χ1n) is 7.04. The van der Waals surface area contributed by atoms with Gasteiger partial charge >= 0.3 is 0 Å². The van der Waals surface area contributed by atoms with Crippen molar-refractivity contribution in [2.45, 2.75) is 25.3 Å². The summed E-state index contributed by atoms with van der Waals surface area (Å²) in [6, 6.07) is 4.35. The molecule has 1 amide bonds. The SMILES string of the molecule is C[C@H]1CNCCN1C(=O)C1CC1c1cccc(F)c1F. The Balaban J connectivity index is 1.72. The van der Waals surface area contributed by atoms with E-state index in [9.17, 15) is 13.6 Å². The Bertz CT molecular complexity index is 535. The molecule has 0 spiro atoms. The number of carbonyl (C=O) groups excluding carboxylic acids is 1. The van der Waals surface area contributed by atoms with Gasteiger partial charge in [0.25, 0.3) is 0 Å². The van der Waals surface area contributed by atoms with E-state index in [0.717, 1.165) is 19.2 Å². The molecule has 3 nitrogen and oxygen atoms in total. The number of benzene rings is 1. The molecular weight excluding hydrogens is 262 g/mol. The molecule has 1 aromatic rings. The molecule has 0 bridgehead atoms. The van der Waals surface area contributed by atoms with Crippen LogP contribution in [0.2, 0.25) is 0 Å². The van der Waals surface area contributed by atoms with E-state index in [4.69, 9.17) is 0 Å². The highest BCUT2D eigenvalue weighted by molar-refractivity contribution is 5.83. The first-order chi connectivity index (χ1) is 9.59. The van der Waals surface area contributed by atoms with Gasteiger partial charge in [0.05, 0.1) is 0 Å². The summed E-state index contributed by atoms with van der Waals surface area (Å²) >= 11 is 0. The van der Waals surface area contributed by atoms with Crippen LogP contribution in [0.1, 0.15) is 24.8 Å². The fourth-order valence-electron chi connectivity index (χ4n) is 3.00. The van der Waals surface area contributed by atoms with Gasteiger partial charge in [-0.1, -0.05) is 12.1 Å². The zero-order valence-electron chi connectivity index (χ0n) is 11.4. The molecule has 5 heteroatoms. The van der Waals surface area contributed by atoms with Gasteiger partial charge in [0.2, 0.25) is 5.91 Å². The molecule has 1 aliphatic heterocycles. The van der Waals surface area contributed by atoms with Gasteiger partial charge in [0.15, 0.2) is 11.6 Å². The molecule has 1 heterocycles. The van der Waals surface area contributed by atoms with Gasteiger partial charge in [0.1, 0.15) is 0 Å². The number of hydrogen-bond donors (Lipinski definition) is 1. The molecule has 3 atom stereocenters. The molecular formula is C15H18F2N2O. The van der Waals surface area contributed by atoms with E-state index in [1.54, 1.807) is 6.07 Å². The second kappa shape index (κ2) is 5.13. The lowest BCUT2D eigenvalue weighted by Gasteiger charge is -2.34. The molecule has 1 aliphatic carbocycles. The van der Waals surface area contributed by atoms with Crippen LogP contribution >= 0.6 is 0 Å². The lowest BCUT2D eigenvalue weighted by molar-refractivity contribution is -0.135. The van der Waals surface area contributed by atoms with Crippen molar-refractivity contribution in [2.75, 3.05) is 19.6 Å². The highest BCUT2D eigenvalue weighted by atomic mass is 19.2. The van der Waals surface area contributed by atoms with Crippen molar-refractivity contribution in [1.82, 2.24) is 10.2 Å². The van der Waals surface area contributed by atoms with Crippen molar-refractivity contribution in [1.29, 1.82) is 0 Å². The van der Waals surface area contributed by atoms with Crippen molar-refractivity contribution in [2.24, 2.45) is 5.92 Å². The summed E-state index contributed by atoms with van der Waals surface area (Å²) in [5, 5.41) is 3.23. The largest absolute Gasteiger partial charge is 0.337 e. The molecule has 2 aliphatic rings. The Morgan fingerprint density at radius 1 is 1.40 bits per heavy atom. The molecule has 2 unspecified atom stereocenters. The fraction of sp³-hybridized carbons (Fsp3) is 0.533. The number of carbonyl (C=O) groups is 1. The van der Waals surface area contributed by atoms with Gasteiger partial charge in [-0.05, 0) is 30.9 Å². The van der Waals surface area contributed by atoms with Gasteiger partial charge < -0.3 is 10.2 Å². The van der Waals surface area contributed by atoms with Gasteiger partial charge in [-0.25, -0.2) is 8.78 Å². The normalized spacial score (nSPS) is 29.4. The van der Waals surface area contributed by atoms with E-state index in [2.05, 4.69) is 5.32 Å². The van der Waals surface area contributed by atoms with Crippen LogP contribution in [0.15, 0.2) is 18.2 Å². The minimum Gasteiger partial charge on any atom is -0.337 e. The van der Waals surface area contributed by atoms with Crippen LogP contribution < -0.4 is 5.32 Å². The summed E-state index contributed by atoms with van der Waals surface area (Å²) in [5.41, 5.74) is 0.339. The second-order valence-electron chi connectivity index (χ2n) is 5.68. The predicted molar refractivity (Wildman–Crippen MR) is 71.3 cm³/mol. The van der Waals surface area contributed by atoms with E-state index in [1.165, 1.54) is 6.07 Å². The third-order valence-corrected chi connectivity index (χ3v) is 4.27. The maximum atomic E-state index is 13.7. The molecule has 2 fully saturated rings. The monoisotopic (exact) mass is 280 g/mol. The Morgan fingerprint density at radius 2 is 2.20 bits per heavy atom. The van der Waals surface area contributed by atoms with Crippen molar-refractivity contribution >= 4 is 5.91 Å². The maximum absolute atomic E-state index is 13.7. The number of nitrogens with zero attached hydrogens (tertiary/aromatic N) is 1. The standard InChI is InChI=1S/C15H18F2N2O/c1-9-8-18-5-6-19(9)15(20)12-7-11(12)10-3-2-4-13(16)14(10)17/h2-4,9,11-12,18H,5-8H2,1H3/t9-,11?,12?/m0/s1. The van der Waals surface area contributed by atoms with Crippen molar-refractivity contribution in [3.8, 4) is 0 Å². The third kappa shape index (κ3) is 2.30. The van der Waals surface area contributed by atoms with Crippen LogP contribution in [0, 0.1) is 17.6 Å². The Labute approximate surface area is 117 Å². The molecule has 3 rings (SSSR count). The van der Waals surface area contributed by atoms with Crippen LogP contribution in [0.4, 0.5) is 8.78 Å². The van der Waals surface area contributed by atoms with E-state index in [-0.39, 0.29) is 23.8 Å². The zero-order chi connectivity index (χ0) is 14.3. The molecule has 108 valence electrons. The van der Waals surface area contributed by atoms with E-state index < -0.39 is 11.6 Å². The number of rotatable bonds is 2.